The van der Waals surface area contributed by atoms with Gasteiger partial charge in [0.1, 0.15) is 17.7 Å². The average molecular weight is 595 g/mol. The smallest absolute Gasteiger partial charge is 0.414 e. The van der Waals surface area contributed by atoms with Crippen molar-refractivity contribution in [1.29, 1.82) is 0 Å². The summed E-state index contributed by atoms with van der Waals surface area (Å²) in [5, 5.41) is 13.0. The number of ether oxygens (including phenoxy) is 2. The predicted molar refractivity (Wildman–Crippen MR) is 152 cm³/mol. The van der Waals surface area contributed by atoms with E-state index in [1.165, 1.54) is 28.8 Å². The monoisotopic (exact) mass is 594 g/mol. The number of rotatable bonds is 9. The molecule has 2 fully saturated rings. The van der Waals surface area contributed by atoms with E-state index in [0.717, 1.165) is 0 Å². The summed E-state index contributed by atoms with van der Waals surface area (Å²) in [7, 11) is 1.57. The molecule has 3 heterocycles. The third kappa shape index (κ3) is 6.82. The van der Waals surface area contributed by atoms with E-state index >= 15 is 4.39 Å². The third-order valence-electron chi connectivity index (χ3n) is 7.13. The Balaban J connectivity index is 1.10. The van der Waals surface area contributed by atoms with E-state index in [9.17, 15) is 19.2 Å². The minimum absolute atomic E-state index is 0.0674. The van der Waals surface area contributed by atoms with Crippen LogP contribution < -0.4 is 25.2 Å². The van der Waals surface area contributed by atoms with Gasteiger partial charge in [-0.1, -0.05) is 5.21 Å². The Labute approximate surface area is 246 Å². The highest BCUT2D eigenvalue weighted by atomic mass is 19.1. The molecule has 43 heavy (non-hydrogen) atoms. The number of benzene rings is 2. The van der Waals surface area contributed by atoms with E-state index in [0.29, 0.717) is 49.0 Å². The van der Waals surface area contributed by atoms with Crippen LogP contribution in [0.2, 0.25) is 0 Å². The fourth-order valence-corrected chi connectivity index (χ4v) is 4.80. The minimum Gasteiger partial charge on any atom is -0.497 e. The van der Waals surface area contributed by atoms with Gasteiger partial charge in [0.15, 0.2) is 5.69 Å². The van der Waals surface area contributed by atoms with Crippen molar-refractivity contribution < 1.29 is 33.0 Å². The Kier molecular flexibility index (Phi) is 8.69. The van der Waals surface area contributed by atoms with Crippen molar-refractivity contribution in [2.45, 2.75) is 13.0 Å². The fourth-order valence-electron chi connectivity index (χ4n) is 4.80. The average Bonchev–Trinajstić information content (AvgIpc) is 3.66. The minimum atomic E-state index is -0.608. The number of methoxy groups -OCH3 is 1. The highest BCUT2D eigenvalue weighted by Crippen LogP contribution is 2.28. The first-order valence-electron chi connectivity index (χ1n) is 13.6. The second kappa shape index (κ2) is 12.8. The lowest BCUT2D eigenvalue weighted by Gasteiger charge is -2.36. The first-order valence-corrected chi connectivity index (χ1v) is 13.6. The maximum absolute atomic E-state index is 15.1. The first kappa shape index (κ1) is 29.3. The standard InChI is InChI=1S/C28H31FN8O6/c1-18(38)30-14-22-16-36(28(41)43-22)20-5-8-25(23(29)13-20)34-9-11-35(12-10-34)26(39)15-31-27(40)24-17-37(33-32-24)19-3-6-21(42-2)7-4-19/h3-8,13,17,22H,9-12,14-16H2,1-2H3,(H,30,38)(H,31,40). The molecule has 2 aromatic carbocycles. The number of nitrogens with zero attached hydrogens (tertiary/aromatic N) is 6. The molecule has 5 rings (SSSR count). The molecule has 0 radical (unpaired) electrons. The Morgan fingerprint density at radius 1 is 1.05 bits per heavy atom. The van der Waals surface area contributed by atoms with Crippen LogP contribution in [0.15, 0.2) is 48.7 Å². The molecule has 2 aliphatic rings. The molecule has 15 heteroatoms. The lowest BCUT2D eigenvalue weighted by Crippen LogP contribution is -2.51. The van der Waals surface area contributed by atoms with Crippen LogP contribution in [0.3, 0.4) is 0 Å². The number of carbonyl (C=O) groups is 4. The van der Waals surface area contributed by atoms with Crippen LogP contribution in [0, 0.1) is 5.82 Å². The van der Waals surface area contributed by atoms with Crippen LogP contribution in [0.5, 0.6) is 5.75 Å². The molecule has 4 amide bonds. The molecule has 2 aliphatic heterocycles. The Hall–Kier alpha value is -5.21. The van der Waals surface area contributed by atoms with Crippen LogP contribution in [0.4, 0.5) is 20.6 Å². The van der Waals surface area contributed by atoms with E-state index in [-0.39, 0.29) is 37.1 Å². The number of carbonyl (C=O) groups excluding carboxylic acids is 4. The Morgan fingerprint density at radius 3 is 2.44 bits per heavy atom. The fraction of sp³-hybridized carbons (Fsp3) is 0.357. The molecule has 1 atom stereocenters. The van der Waals surface area contributed by atoms with Crippen molar-refractivity contribution in [2.75, 3.05) is 62.7 Å². The highest BCUT2D eigenvalue weighted by Gasteiger charge is 2.33. The zero-order valence-electron chi connectivity index (χ0n) is 23.7. The molecule has 226 valence electrons. The molecule has 2 N–H and O–H groups in total. The summed E-state index contributed by atoms with van der Waals surface area (Å²) in [6, 6.07) is 11.6. The molecule has 0 spiro atoms. The van der Waals surface area contributed by atoms with Gasteiger partial charge in [0.05, 0.1) is 50.0 Å². The number of aromatic nitrogens is 3. The maximum atomic E-state index is 15.1. The number of cyclic esters (lactones) is 1. The van der Waals surface area contributed by atoms with Crippen LogP contribution in [-0.2, 0) is 14.3 Å². The number of anilines is 2. The maximum Gasteiger partial charge on any atom is 0.414 e. The van der Waals surface area contributed by atoms with Crippen molar-refractivity contribution in [1.82, 2.24) is 30.5 Å². The molecule has 0 aliphatic carbocycles. The van der Waals surface area contributed by atoms with Crippen LogP contribution in [0.1, 0.15) is 17.4 Å². The molecule has 1 aromatic heterocycles. The van der Waals surface area contributed by atoms with Crippen LogP contribution >= 0.6 is 0 Å². The molecule has 2 saturated heterocycles. The second-order valence-electron chi connectivity index (χ2n) is 9.99. The van der Waals surface area contributed by atoms with Gasteiger partial charge >= 0.3 is 6.09 Å². The van der Waals surface area contributed by atoms with Gasteiger partial charge in [-0.15, -0.1) is 5.10 Å². The number of hydrogen-bond donors (Lipinski definition) is 2. The summed E-state index contributed by atoms with van der Waals surface area (Å²) in [6.07, 6.45) is 0.336. The largest absolute Gasteiger partial charge is 0.497 e. The highest BCUT2D eigenvalue weighted by molar-refractivity contribution is 5.94. The third-order valence-corrected chi connectivity index (χ3v) is 7.13. The predicted octanol–water partition coefficient (Wildman–Crippen LogP) is 0.955. The summed E-state index contributed by atoms with van der Waals surface area (Å²) in [4.78, 5) is 53.5. The van der Waals surface area contributed by atoms with Gasteiger partial charge in [-0.3, -0.25) is 19.3 Å². The van der Waals surface area contributed by atoms with Crippen molar-refractivity contribution >= 4 is 35.2 Å². The van der Waals surface area contributed by atoms with E-state index in [4.69, 9.17) is 9.47 Å². The van der Waals surface area contributed by atoms with Gasteiger partial charge in [-0.25, -0.2) is 13.9 Å². The normalized spacial score (nSPS) is 16.6. The molecule has 1 unspecified atom stereocenters. The number of hydrogen-bond acceptors (Lipinski definition) is 9. The van der Waals surface area contributed by atoms with Gasteiger partial charge in [0.2, 0.25) is 11.8 Å². The number of piperazine rings is 1. The van der Waals surface area contributed by atoms with Crippen molar-refractivity contribution in [2.24, 2.45) is 0 Å². The van der Waals surface area contributed by atoms with Crippen LogP contribution in [0.25, 0.3) is 5.69 Å². The topological polar surface area (TPSA) is 151 Å². The van der Waals surface area contributed by atoms with Crippen molar-refractivity contribution in [3.05, 3.63) is 60.2 Å². The van der Waals surface area contributed by atoms with Crippen molar-refractivity contribution in [3.63, 3.8) is 0 Å². The molecule has 0 bridgehead atoms. The van der Waals surface area contributed by atoms with Gasteiger partial charge in [-0.05, 0) is 42.5 Å². The summed E-state index contributed by atoms with van der Waals surface area (Å²) in [5.41, 5.74) is 1.47. The first-order chi connectivity index (χ1) is 20.7. The molecule has 0 saturated carbocycles. The summed E-state index contributed by atoms with van der Waals surface area (Å²) >= 11 is 0. The number of nitrogens with one attached hydrogen (secondary N) is 2. The summed E-state index contributed by atoms with van der Waals surface area (Å²) < 4.78 is 26.9. The van der Waals surface area contributed by atoms with Gasteiger partial charge in [0, 0.05) is 33.1 Å². The van der Waals surface area contributed by atoms with E-state index in [1.807, 2.05) is 4.90 Å². The molecule has 3 aromatic rings. The van der Waals surface area contributed by atoms with Gasteiger partial charge in [0.25, 0.3) is 5.91 Å². The molecular formula is C28H31FN8O6. The van der Waals surface area contributed by atoms with E-state index in [1.54, 1.807) is 48.4 Å². The van der Waals surface area contributed by atoms with Crippen LogP contribution in [-0.4, -0.2) is 103 Å². The Bertz CT molecular complexity index is 1510. The zero-order chi connectivity index (χ0) is 30.5. The number of amides is 4. The summed E-state index contributed by atoms with van der Waals surface area (Å²) in [5.74, 6) is -0.858. The lowest BCUT2D eigenvalue weighted by molar-refractivity contribution is -0.130. The number of halogens is 1. The van der Waals surface area contributed by atoms with Gasteiger partial charge in [-0.2, -0.15) is 0 Å². The molecular weight excluding hydrogens is 563 g/mol. The second-order valence-corrected chi connectivity index (χ2v) is 9.99. The quantitative estimate of drug-likeness (QED) is 0.369. The molecule has 14 nitrogen and oxygen atoms in total. The van der Waals surface area contributed by atoms with Crippen molar-refractivity contribution in [3.8, 4) is 11.4 Å². The SMILES string of the molecule is COc1ccc(-n2cc(C(=O)NCC(=O)N3CCN(c4ccc(N5CC(CNC(C)=O)OC5=O)cc4F)CC3)nn2)cc1. The summed E-state index contributed by atoms with van der Waals surface area (Å²) in [6.45, 7) is 2.98. The van der Waals surface area contributed by atoms with E-state index in [2.05, 4.69) is 20.9 Å². The van der Waals surface area contributed by atoms with E-state index < -0.39 is 23.9 Å². The zero-order valence-corrected chi connectivity index (χ0v) is 23.7. The lowest BCUT2D eigenvalue weighted by atomic mass is 10.2. The van der Waals surface area contributed by atoms with Gasteiger partial charge < -0.3 is 29.9 Å². The Morgan fingerprint density at radius 2 is 1.77 bits per heavy atom.